The number of amides is 1. The van der Waals surface area contributed by atoms with Gasteiger partial charge < -0.3 is 14.5 Å². The van der Waals surface area contributed by atoms with E-state index in [0.29, 0.717) is 44.5 Å². The molecule has 0 radical (unpaired) electrons. The van der Waals surface area contributed by atoms with Crippen LogP contribution in [0.1, 0.15) is 32.0 Å². The van der Waals surface area contributed by atoms with Gasteiger partial charge in [-0.2, -0.15) is 5.10 Å². The van der Waals surface area contributed by atoms with Gasteiger partial charge in [-0.05, 0) is 55.5 Å². The molecular formula is C31H24ClN3O4. The second-order valence-corrected chi connectivity index (χ2v) is 9.17. The highest BCUT2D eigenvalue weighted by atomic mass is 35.5. The maximum Gasteiger partial charge on any atom is 0.343 e. The zero-order valence-electron chi connectivity index (χ0n) is 21.2. The van der Waals surface area contributed by atoms with Crippen LogP contribution >= 0.6 is 11.6 Å². The number of methoxy groups -OCH3 is 1. The van der Waals surface area contributed by atoms with Crippen molar-refractivity contribution in [3.05, 3.63) is 118 Å². The van der Waals surface area contributed by atoms with Crippen molar-refractivity contribution in [2.45, 2.75) is 6.92 Å². The summed E-state index contributed by atoms with van der Waals surface area (Å²) in [7, 11) is 1.58. The summed E-state index contributed by atoms with van der Waals surface area (Å²) in [5.74, 6) is 0.0140. The average molecular weight is 538 g/mol. The minimum Gasteiger partial charge on any atom is -0.497 e. The van der Waals surface area contributed by atoms with Crippen molar-refractivity contribution in [2.75, 3.05) is 7.11 Å². The molecule has 5 rings (SSSR count). The minimum atomic E-state index is -0.485. The maximum atomic E-state index is 13.3. The van der Waals surface area contributed by atoms with Gasteiger partial charge in [0.25, 0.3) is 5.91 Å². The molecule has 5 aromatic rings. The monoisotopic (exact) mass is 537 g/mol. The van der Waals surface area contributed by atoms with Crippen LogP contribution < -0.4 is 14.9 Å². The molecule has 2 N–H and O–H groups in total. The smallest absolute Gasteiger partial charge is 0.343 e. The second kappa shape index (κ2) is 11.2. The molecule has 8 heteroatoms. The summed E-state index contributed by atoms with van der Waals surface area (Å²) in [6.45, 7) is 1.90. The summed E-state index contributed by atoms with van der Waals surface area (Å²) in [6.07, 6.45) is 1.43. The number of halogens is 1. The van der Waals surface area contributed by atoms with Crippen molar-refractivity contribution < 1.29 is 19.1 Å². The van der Waals surface area contributed by atoms with E-state index in [1.807, 2.05) is 49.4 Å². The number of ether oxygens (including phenoxy) is 2. The van der Waals surface area contributed by atoms with Crippen molar-refractivity contribution in [2.24, 2.45) is 5.10 Å². The Morgan fingerprint density at radius 2 is 1.74 bits per heavy atom. The summed E-state index contributed by atoms with van der Waals surface area (Å²) in [6, 6.07) is 26.9. The highest BCUT2D eigenvalue weighted by Gasteiger charge is 2.21. The van der Waals surface area contributed by atoms with E-state index < -0.39 is 11.9 Å². The first-order valence-electron chi connectivity index (χ1n) is 12.1. The Morgan fingerprint density at radius 1 is 0.949 bits per heavy atom. The number of nitrogens with one attached hydrogen (secondary N) is 2. The van der Waals surface area contributed by atoms with Crippen LogP contribution in [-0.2, 0) is 0 Å². The molecule has 0 unspecified atom stereocenters. The molecule has 0 spiro atoms. The molecule has 0 aliphatic carbocycles. The minimum absolute atomic E-state index is 0.294. The lowest BCUT2D eigenvalue weighted by Crippen LogP contribution is -2.19. The Balaban J connectivity index is 1.42. The molecule has 0 bridgehead atoms. The van der Waals surface area contributed by atoms with E-state index in [9.17, 15) is 9.59 Å². The third-order valence-corrected chi connectivity index (χ3v) is 6.45. The summed E-state index contributed by atoms with van der Waals surface area (Å²) in [4.78, 5) is 29.2. The molecule has 0 saturated heterocycles. The van der Waals surface area contributed by atoms with E-state index in [2.05, 4.69) is 15.5 Å². The van der Waals surface area contributed by atoms with Gasteiger partial charge >= 0.3 is 5.97 Å². The van der Waals surface area contributed by atoms with E-state index in [0.717, 1.165) is 16.5 Å². The molecule has 1 aromatic heterocycles. The zero-order chi connectivity index (χ0) is 27.4. The van der Waals surface area contributed by atoms with Gasteiger partial charge in [-0.15, -0.1) is 0 Å². The Morgan fingerprint density at radius 3 is 2.54 bits per heavy atom. The number of aromatic amines is 1. The zero-order valence-corrected chi connectivity index (χ0v) is 22.0. The number of fused-ring (bicyclic) bond motifs is 1. The van der Waals surface area contributed by atoms with E-state index in [-0.39, 0.29) is 0 Å². The van der Waals surface area contributed by atoms with Gasteiger partial charge in [-0.1, -0.05) is 59.6 Å². The lowest BCUT2D eigenvalue weighted by molar-refractivity contribution is 0.0734. The van der Waals surface area contributed by atoms with Crippen molar-refractivity contribution >= 4 is 40.6 Å². The maximum absolute atomic E-state index is 13.3. The first kappa shape index (κ1) is 25.8. The lowest BCUT2D eigenvalue weighted by Gasteiger charge is -2.08. The Hall–Kier alpha value is -4.88. The summed E-state index contributed by atoms with van der Waals surface area (Å²) in [5, 5.41) is 5.43. The number of H-pyrrole nitrogens is 1. The van der Waals surface area contributed by atoms with E-state index >= 15 is 0 Å². The SMILES string of the molecule is COc1ccc2[nH]c(C(=O)NN=Cc3ccccc3OC(=O)c3cccc(C)c3)c(-c3ccccc3Cl)c2c1. The number of rotatable bonds is 7. The number of carbonyl (C=O) groups is 2. The largest absolute Gasteiger partial charge is 0.497 e. The van der Waals surface area contributed by atoms with Gasteiger partial charge in [0, 0.05) is 32.6 Å². The fourth-order valence-electron chi connectivity index (χ4n) is 4.24. The van der Waals surface area contributed by atoms with E-state index in [1.165, 1.54) is 6.21 Å². The van der Waals surface area contributed by atoms with Crippen molar-refractivity contribution in [1.29, 1.82) is 0 Å². The van der Waals surface area contributed by atoms with Crippen molar-refractivity contribution in [3.8, 4) is 22.6 Å². The fraction of sp³-hybridized carbons (Fsp3) is 0.0645. The number of para-hydroxylation sites is 1. The van der Waals surface area contributed by atoms with Crippen LogP contribution in [0.5, 0.6) is 11.5 Å². The highest BCUT2D eigenvalue weighted by molar-refractivity contribution is 6.34. The first-order valence-corrected chi connectivity index (χ1v) is 12.5. The number of nitrogens with zero attached hydrogens (tertiary/aromatic N) is 1. The molecule has 1 amide bonds. The normalized spacial score (nSPS) is 11.1. The Bertz CT molecular complexity index is 1720. The van der Waals surface area contributed by atoms with Gasteiger partial charge in [0.05, 0.1) is 18.9 Å². The van der Waals surface area contributed by atoms with Crippen LogP contribution in [0.2, 0.25) is 5.02 Å². The third-order valence-electron chi connectivity index (χ3n) is 6.12. The number of carbonyl (C=O) groups excluding carboxylic acids is 2. The van der Waals surface area contributed by atoms with Crippen LogP contribution in [-0.4, -0.2) is 30.2 Å². The van der Waals surface area contributed by atoms with Gasteiger partial charge in [-0.25, -0.2) is 10.2 Å². The molecule has 7 nitrogen and oxygen atoms in total. The summed E-state index contributed by atoms with van der Waals surface area (Å²) >= 11 is 6.51. The van der Waals surface area contributed by atoms with Crippen LogP contribution in [0.4, 0.5) is 0 Å². The van der Waals surface area contributed by atoms with Gasteiger partial charge in [0.15, 0.2) is 0 Å². The third kappa shape index (κ3) is 5.54. The molecule has 39 heavy (non-hydrogen) atoms. The predicted molar refractivity (Wildman–Crippen MR) is 153 cm³/mol. The molecule has 0 aliphatic heterocycles. The topological polar surface area (TPSA) is 92.8 Å². The second-order valence-electron chi connectivity index (χ2n) is 8.76. The van der Waals surface area contributed by atoms with Crippen molar-refractivity contribution in [3.63, 3.8) is 0 Å². The summed E-state index contributed by atoms with van der Waals surface area (Å²) in [5.41, 5.74) is 6.85. The lowest BCUT2D eigenvalue weighted by atomic mass is 10.0. The van der Waals surface area contributed by atoms with Gasteiger partial charge in [-0.3, -0.25) is 4.79 Å². The van der Waals surface area contributed by atoms with E-state index in [4.69, 9.17) is 21.1 Å². The molecule has 0 atom stereocenters. The standard InChI is InChI=1S/C31H24ClN3O4/c1-19-8-7-10-20(16-19)31(37)39-27-13-6-3-9-21(27)18-33-35-30(36)29-28(23-11-4-5-12-25(23)32)24-17-22(38-2)14-15-26(24)34-29/h3-18,34H,1-2H3,(H,35,36). The number of hydrogen-bond donors (Lipinski definition) is 2. The first-order chi connectivity index (χ1) is 18.9. The average Bonchev–Trinajstić information content (AvgIpc) is 3.32. The Kier molecular flexibility index (Phi) is 7.43. The van der Waals surface area contributed by atoms with Crippen LogP contribution in [0, 0.1) is 6.92 Å². The summed E-state index contributed by atoms with van der Waals surface area (Å²) < 4.78 is 11.0. The Labute approximate surface area is 230 Å². The molecule has 4 aromatic carbocycles. The fourth-order valence-corrected chi connectivity index (χ4v) is 4.47. The molecule has 194 valence electrons. The predicted octanol–water partition coefficient (Wildman–Crippen LogP) is 6.79. The number of benzene rings is 4. The molecule has 0 aliphatic rings. The molecule has 0 fully saturated rings. The van der Waals surface area contributed by atoms with Crippen LogP contribution in [0.3, 0.4) is 0 Å². The number of aromatic nitrogens is 1. The number of hydrogen-bond acceptors (Lipinski definition) is 5. The van der Waals surface area contributed by atoms with E-state index in [1.54, 1.807) is 55.6 Å². The molecule has 0 saturated carbocycles. The number of aryl methyl sites for hydroxylation is 1. The quantitative estimate of drug-likeness (QED) is 0.103. The van der Waals surface area contributed by atoms with Gasteiger partial charge in [0.2, 0.25) is 0 Å². The molecule has 1 heterocycles. The van der Waals surface area contributed by atoms with Crippen LogP contribution in [0.15, 0.2) is 96.1 Å². The highest BCUT2D eigenvalue weighted by Crippen LogP contribution is 2.38. The number of esters is 1. The van der Waals surface area contributed by atoms with Crippen LogP contribution in [0.25, 0.3) is 22.0 Å². The molecular weight excluding hydrogens is 514 g/mol. The number of hydrazone groups is 1. The van der Waals surface area contributed by atoms with Crippen molar-refractivity contribution in [1.82, 2.24) is 10.4 Å². The van der Waals surface area contributed by atoms with Gasteiger partial charge in [0.1, 0.15) is 17.2 Å².